The lowest BCUT2D eigenvalue weighted by molar-refractivity contribution is 3.61. The van der Waals surface area contributed by atoms with Crippen molar-refractivity contribution in [2.24, 2.45) is 0 Å². The van der Waals surface area contributed by atoms with Crippen LogP contribution in [-0.2, 0) is 0 Å². The maximum absolute atomic E-state index is 5.48. The van der Waals surface area contributed by atoms with Crippen molar-refractivity contribution in [3.63, 3.8) is 0 Å². The van der Waals surface area contributed by atoms with E-state index in [1.165, 1.54) is 14.1 Å². The molecule has 0 rings (SSSR count). The Hall–Kier alpha value is 0.649. The standard InChI is InChI=1S/B10/c1-6-9(4)10(5)7-8(2)3. The average Bonchev–Trinajstić information content (AvgIpc) is 1.85. The molecule has 10 heteroatoms. The Bertz CT molecular complexity index is 74.1. The summed E-state index contributed by atoms with van der Waals surface area (Å²) in [6.45, 7) is 0. The van der Waals surface area contributed by atoms with Crippen LogP contribution in [-0.4, -0.2) is 72.0 Å². The highest BCUT2D eigenvalue weighted by atomic mass is 13.0. The Morgan fingerprint density at radius 3 is 1.70 bits per heavy atom. The fraction of sp³-hybridized carbons (Fsp3) is 0. The summed E-state index contributed by atoms with van der Waals surface area (Å²) in [5.41, 5.74) is 0. The molecule has 0 saturated heterocycles. The Morgan fingerprint density at radius 1 is 0.900 bits per heavy atom. The summed E-state index contributed by atoms with van der Waals surface area (Å²) in [4.78, 5) is 0. The minimum atomic E-state index is -0.541. The highest BCUT2D eigenvalue weighted by Gasteiger charge is 2.15. The highest BCUT2D eigenvalue weighted by Crippen LogP contribution is 1.77. The smallest absolute Gasteiger partial charge is 0 e. The Morgan fingerprint density at radius 2 is 1.40 bits per heavy atom. The molecular weight excluding hydrogens is 108 g/mol. The summed E-state index contributed by atoms with van der Waals surface area (Å²) in [6.07, 6.45) is -1.29. The first-order chi connectivity index (χ1) is 4.57. The summed E-state index contributed by atoms with van der Waals surface area (Å²) in [5.74, 6) is 0. The van der Waals surface area contributed by atoms with Crippen molar-refractivity contribution in [1.29, 1.82) is 0 Å². The van der Waals surface area contributed by atoms with Crippen molar-refractivity contribution in [1.82, 2.24) is 0 Å². The molecule has 0 unspecified atom stereocenters. The van der Waals surface area contributed by atoms with E-state index >= 15 is 0 Å². The monoisotopic (exact) mass is 110 g/mol. The van der Waals surface area contributed by atoms with Gasteiger partial charge in [0.2, 0.25) is 0 Å². The van der Waals surface area contributed by atoms with Gasteiger partial charge in [-0.3, -0.25) is 0 Å². The molecule has 0 aromatic carbocycles. The zero-order chi connectivity index (χ0) is 8.15. The molecule has 0 nitrogen and oxygen atoms in total. The predicted octanol–water partition coefficient (Wildman–Crippen LogP) is -3.81. The van der Waals surface area contributed by atoms with Gasteiger partial charge in [-0.1, -0.05) is 0 Å². The number of hydrogen-bond acceptors (Lipinski definition) is 0. The van der Waals surface area contributed by atoms with Crippen LogP contribution in [0.25, 0.3) is 0 Å². The first-order valence-corrected chi connectivity index (χ1v) is 3.00. The molecule has 0 N–H and O–H groups in total. The number of hydrogen-bond donors (Lipinski definition) is 0. The van der Waals surface area contributed by atoms with Gasteiger partial charge in [0, 0.05) is 72.0 Å². The van der Waals surface area contributed by atoms with E-state index in [1.807, 2.05) is 0 Å². The van der Waals surface area contributed by atoms with Crippen LogP contribution in [0.3, 0.4) is 0 Å². The normalized spacial score (nSPS) is 8.00. The predicted molar refractivity (Wildman–Crippen MR) is 57.5 cm³/mol. The first-order valence-electron chi connectivity index (χ1n) is 3.00. The maximum atomic E-state index is 5.48. The molecular formula is B10. The summed E-state index contributed by atoms with van der Waals surface area (Å²) >= 11 is 0. The van der Waals surface area contributed by atoms with Gasteiger partial charge in [-0.25, -0.2) is 0 Å². The number of rotatable bonds is 4. The van der Waals surface area contributed by atoms with Crippen LogP contribution in [0.2, 0.25) is 0 Å². The highest BCUT2D eigenvalue weighted by molar-refractivity contribution is 7.90. The molecule has 0 atom stereocenters. The van der Waals surface area contributed by atoms with E-state index in [4.69, 9.17) is 38.7 Å². The van der Waals surface area contributed by atoms with Crippen LogP contribution in [0.15, 0.2) is 0 Å². The van der Waals surface area contributed by atoms with Crippen LogP contribution in [0.4, 0.5) is 0 Å². The first kappa shape index (κ1) is 10.6. The van der Waals surface area contributed by atoms with Crippen molar-refractivity contribution in [3.05, 3.63) is 0 Å². The van der Waals surface area contributed by atoms with E-state index in [1.54, 1.807) is 0 Å². The zero-order valence-electron chi connectivity index (χ0n) is 5.77. The SMILES string of the molecule is [B][B]B([B])B([B])[B]B([B])[B]. The molecule has 30 valence electrons. The van der Waals surface area contributed by atoms with Gasteiger partial charge in [0.05, 0.1) is 0 Å². The molecule has 0 heterocycles. The lowest BCUT2D eigenvalue weighted by Crippen LogP contribution is -2.53. The quantitative estimate of drug-likeness (QED) is 0.324. The third kappa shape index (κ3) is 4.46. The Labute approximate surface area is 72.4 Å². The van der Waals surface area contributed by atoms with Crippen LogP contribution < -0.4 is 0 Å². The van der Waals surface area contributed by atoms with Gasteiger partial charge in [0.1, 0.15) is 0 Å². The van der Waals surface area contributed by atoms with Crippen LogP contribution >= 0.6 is 0 Å². The van der Waals surface area contributed by atoms with Crippen molar-refractivity contribution >= 4 is 72.0 Å². The summed E-state index contributed by atoms with van der Waals surface area (Å²) < 4.78 is 0. The van der Waals surface area contributed by atoms with E-state index in [-0.39, 0.29) is 12.8 Å². The molecule has 0 fully saturated rings. The van der Waals surface area contributed by atoms with Crippen molar-refractivity contribution in [2.45, 2.75) is 0 Å². The largest absolute Gasteiger partial charge is 0 e. The third-order valence-electron chi connectivity index (χ3n) is 1.11. The summed E-state index contributed by atoms with van der Waals surface area (Å²) in [7, 11) is 29.3. The van der Waals surface area contributed by atoms with Gasteiger partial charge in [-0.05, 0) is 0 Å². The van der Waals surface area contributed by atoms with E-state index in [0.29, 0.717) is 0 Å². The minimum Gasteiger partial charge on any atom is 0 e. The molecule has 0 amide bonds. The second-order valence-corrected chi connectivity index (χ2v) is 2.12. The van der Waals surface area contributed by atoms with Crippen LogP contribution in [0, 0.1) is 0 Å². The molecule has 0 aliphatic carbocycles. The molecule has 0 aromatic heterocycles. The lowest BCUT2D eigenvalue weighted by Gasteiger charge is -2.14. The molecule has 0 bridgehead atoms. The van der Waals surface area contributed by atoms with Crippen molar-refractivity contribution in [2.75, 3.05) is 0 Å². The van der Waals surface area contributed by atoms with E-state index < -0.39 is 6.39 Å². The van der Waals surface area contributed by atoms with E-state index in [0.717, 1.165) is 0 Å². The molecule has 0 saturated carbocycles. The zero-order valence-corrected chi connectivity index (χ0v) is 5.77. The average molecular weight is 108 g/mol. The van der Waals surface area contributed by atoms with Crippen molar-refractivity contribution in [3.8, 4) is 0 Å². The summed E-state index contributed by atoms with van der Waals surface area (Å²) in [6, 6.07) is 0. The molecule has 12 radical (unpaired) electrons. The Balaban J connectivity index is 3.50. The second-order valence-electron chi connectivity index (χ2n) is 2.12. The third-order valence-corrected chi connectivity index (χ3v) is 1.11. The molecule has 0 aromatic rings. The van der Waals surface area contributed by atoms with Gasteiger partial charge in [0.25, 0.3) is 0 Å². The van der Waals surface area contributed by atoms with Crippen LogP contribution in [0.5, 0.6) is 0 Å². The Kier molecular flexibility index (Phi) is 5.66. The van der Waals surface area contributed by atoms with Gasteiger partial charge in [-0.2, -0.15) is 0 Å². The van der Waals surface area contributed by atoms with Gasteiger partial charge >= 0.3 is 0 Å². The molecule has 0 aliphatic heterocycles. The van der Waals surface area contributed by atoms with Crippen LogP contribution in [0.1, 0.15) is 0 Å². The lowest BCUT2D eigenvalue weighted by atomic mass is 8.67. The van der Waals surface area contributed by atoms with Gasteiger partial charge in [-0.15, -0.1) is 0 Å². The van der Waals surface area contributed by atoms with Gasteiger partial charge < -0.3 is 0 Å². The molecule has 0 spiro atoms. The summed E-state index contributed by atoms with van der Waals surface area (Å²) in [5, 5.41) is 0. The maximum Gasteiger partial charge on any atom is 0 e. The fourth-order valence-electron chi connectivity index (χ4n) is 0.513. The van der Waals surface area contributed by atoms with Crippen molar-refractivity contribution < 1.29 is 0 Å². The van der Waals surface area contributed by atoms with E-state index in [9.17, 15) is 0 Å². The topological polar surface area (TPSA) is 0 Å². The minimum absolute atomic E-state index is 0.370. The molecule has 0 aliphatic rings. The van der Waals surface area contributed by atoms with E-state index in [2.05, 4.69) is 0 Å². The molecule has 10 heavy (non-hydrogen) atoms. The second kappa shape index (κ2) is 5.32. The fourth-order valence-corrected chi connectivity index (χ4v) is 0.513. The van der Waals surface area contributed by atoms with Gasteiger partial charge in [0.15, 0.2) is 0 Å².